The first kappa shape index (κ1) is 14.1. The van der Waals surface area contributed by atoms with Gasteiger partial charge in [0, 0.05) is 0 Å². The van der Waals surface area contributed by atoms with Gasteiger partial charge in [0.1, 0.15) is 5.75 Å². The number of hydrogen-bond donors (Lipinski definition) is 0. The molecule has 2 nitrogen and oxygen atoms in total. The maximum Gasteiger partial charge on any atom is 0.118 e. The fourth-order valence-electron chi connectivity index (χ4n) is 1.10. The Labute approximate surface area is 119 Å². The van der Waals surface area contributed by atoms with E-state index in [4.69, 9.17) is 4.74 Å². The molecule has 90 valence electrons. The predicted molar refractivity (Wildman–Crippen MR) is 79.8 cm³/mol. The number of anilines is 1. The van der Waals surface area contributed by atoms with Crippen LogP contribution in [0.5, 0.6) is 5.75 Å². The molecule has 0 aliphatic rings. The van der Waals surface area contributed by atoms with Crippen molar-refractivity contribution in [2.24, 2.45) is 0 Å². The van der Waals surface area contributed by atoms with Crippen LogP contribution in [0.25, 0.3) is 0 Å². The zero-order valence-corrected chi connectivity index (χ0v) is 12.6. The van der Waals surface area contributed by atoms with E-state index in [1.54, 1.807) is 10.1 Å². The third kappa shape index (κ3) is 5.75. The van der Waals surface area contributed by atoms with E-state index in [1.165, 1.54) is 0 Å². The zero-order valence-electron chi connectivity index (χ0n) is 9.38. The van der Waals surface area contributed by atoms with Crippen molar-refractivity contribution in [3.63, 3.8) is 0 Å². The van der Waals surface area contributed by atoms with Gasteiger partial charge in [0.05, 0.1) is 45.1 Å². The first-order valence-electron chi connectivity index (χ1n) is 5.00. The average molecular weight is 359 g/mol. The molecule has 0 unspecified atom stereocenters. The highest BCUT2D eigenvalue weighted by Gasteiger charge is 1.92. The van der Waals surface area contributed by atoms with Gasteiger partial charge in [0.25, 0.3) is 0 Å². The number of nitrogens with zero attached hydrogens (tertiary/aromatic N) is 1. The van der Waals surface area contributed by atoms with E-state index < -0.39 is 0 Å². The standard InChI is InChI=1S/C7H8O.C6H5Br2N/c1-8-7-5-3-2-4-6-7;7-9(8)6-4-2-1-3-5-6/h2-6H,1H3;1-5H. The van der Waals surface area contributed by atoms with Crippen LogP contribution in [-0.2, 0) is 0 Å². The van der Waals surface area contributed by atoms with Crippen molar-refractivity contribution in [2.75, 3.05) is 10.1 Å². The van der Waals surface area contributed by atoms with E-state index in [-0.39, 0.29) is 0 Å². The molecule has 0 radical (unpaired) electrons. The van der Waals surface area contributed by atoms with Gasteiger partial charge < -0.3 is 4.74 Å². The second kappa shape index (κ2) is 8.14. The van der Waals surface area contributed by atoms with Crippen molar-refractivity contribution in [2.45, 2.75) is 0 Å². The molecule has 0 aliphatic carbocycles. The molecule has 2 aromatic carbocycles. The Morgan fingerprint density at radius 3 is 1.59 bits per heavy atom. The minimum Gasteiger partial charge on any atom is -0.497 e. The van der Waals surface area contributed by atoms with Crippen LogP contribution in [0.15, 0.2) is 60.7 Å². The zero-order chi connectivity index (χ0) is 12.5. The molecule has 0 amide bonds. The van der Waals surface area contributed by atoms with E-state index in [9.17, 15) is 0 Å². The summed E-state index contributed by atoms with van der Waals surface area (Å²) < 4.78 is 6.62. The van der Waals surface area contributed by atoms with Gasteiger partial charge in [-0.3, -0.25) is 0 Å². The van der Waals surface area contributed by atoms with Crippen LogP contribution in [0.2, 0.25) is 0 Å². The molecule has 17 heavy (non-hydrogen) atoms. The van der Waals surface area contributed by atoms with E-state index in [0.29, 0.717) is 0 Å². The molecule has 2 aromatic rings. The largest absolute Gasteiger partial charge is 0.497 e. The van der Waals surface area contributed by atoms with Crippen molar-refractivity contribution in [1.82, 2.24) is 0 Å². The van der Waals surface area contributed by atoms with Gasteiger partial charge in [-0.05, 0) is 24.3 Å². The van der Waals surface area contributed by atoms with Crippen LogP contribution < -0.4 is 7.69 Å². The maximum absolute atomic E-state index is 4.91. The summed E-state index contributed by atoms with van der Waals surface area (Å²) in [5, 5.41) is 0. The van der Waals surface area contributed by atoms with Crippen molar-refractivity contribution >= 4 is 38.0 Å². The molecule has 4 heteroatoms. The average Bonchev–Trinajstić information content (AvgIpc) is 2.41. The Balaban J connectivity index is 0.000000171. The van der Waals surface area contributed by atoms with Gasteiger partial charge >= 0.3 is 0 Å². The smallest absolute Gasteiger partial charge is 0.118 e. The number of benzene rings is 2. The molecule has 0 aromatic heterocycles. The summed E-state index contributed by atoms with van der Waals surface area (Å²) in [6, 6.07) is 19.6. The Hall–Kier alpha value is -1.00. The monoisotopic (exact) mass is 357 g/mol. The highest BCUT2D eigenvalue weighted by atomic mass is 79.9. The summed E-state index contributed by atoms with van der Waals surface area (Å²) in [4.78, 5) is 0. The van der Waals surface area contributed by atoms with Crippen LogP contribution in [0.1, 0.15) is 0 Å². The van der Waals surface area contributed by atoms with Gasteiger partial charge in [0.15, 0.2) is 0 Å². The van der Waals surface area contributed by atoms with Crippen LogP contribution in [-0.4, -0.2) is 7.11 Å². The van der Waals surface area contributed by atoms with Gasteiger partial charge in [-0.1, -0.05) is 36.4 Å². The first-order valence-corrected chi connectivity index (χ1v) is 6.41. The predicted octanol–water partition coefficient (Wildman–Crippen LogP) is 4.81. The molecule has 0 heterocycles. The lowest BCUT2D eigenvalue weighted by molar-refractivity contribution is 0.415. The highest BCUT2D eigenvalue weighted by molar-refractivity contribution is 9.25. The van der Waals surface area contributed by atoms with Gasteiger partial charge in [0.2, 0.25) is 0 Å². The van der Waals surface area contributed by atoms with E-state index in [1.807, 2.05) is 60.7 Å². The Morgan fingerprint density at radius 2 is 1.29 bits per heavy atom. The van der Waals surface area contributed by atoms with Gasteiger partial charge in [-0.15, -0.1) is 0 Å². The topological polar surface area (TPSA) is 12.5 Å². The molecule has 0 spiro atoms. The van der Waals surface area contributed by atoms with Crippen molar-refractivity contribution in [3.8, 4) is 5.75 Å². The van der Waals surface area contributed by atoms with Crippen LogP contribution in [0, 0.1) is 0 Å². The van der Waals surface area contributed by atoms with Crippen LogP contribution in [0.3, 0.4) is 0 Å². The molecular formula is C13H13Br2NO. The van der Waals surface area contributed by atoms with E-state index in [0.717, 1.165) is 11.4 Å². The highest BCUT2D eigenvalue weighted by Crippen LogP contribution is 2.20. The molecule has 0 N–H and O–H groups in total. The summed E-state index contributed by atoms with van der Waals surface area (Å²) in [5.74, 6) is 0.910. The minimum absolute atomic E-state index is 0.910. The van der Waals surface area contributed by atoms with Crippen molar-refractivity contribution in [1.29, 1.82) is 0 Å². The van der Waals surface area contributed by atoms with E-state index in [2.05, 4.69) is 32.3 Å². The van der Waals surface area contributed by atoms with Crippen molar-refractivity contribution < 1.29 is 4.74 Å². The van der Waals surface area contributed by atoms with E-state index >= 15 is 0 Å². The lowest BCUT2D eigenvalue weighted by Gasteiger charge is -2.03. The molecule has 0 aliphatic heterocycles. The SMILES string of the molecule is BrN(Br)c1ccccc1.COc1ccccc1. The van der Waals surface area contributed by atoms with Crippen LogP contribution in [0.4, 0.5) is 5.69 Å². The Kier molecular flexibility index (Phi) is 6.74. The molecule has 2 rings (SSSR count). The molecular weight excluding hydrogens is 346 g/mol. The molecule has 0 saturated carbocycles. The number of rotatable bonds is 2. The number of hydrogen-bond acceptors (Lipinski definition) is 2. The molecule has 0 saturated heterocycles. The number of para-hydroxylation sites is 2. The van der Waals surface area contributed by atoms with Gasteiger partial charge in [-0.25, -0.2) is 2.95 Å². The second-order valence-corrected chi connectivity index (χ2v) is 5.46. The van der Waals surface area contributed by atoms with Crippen LogP contribution >= 0.6 is 32.3 Å². The Morgan fingerprint density at radius 1 is 0.824 bits per heavy atom. The number of halogens is 2. The third-order valence-corrected chi connectivity index (χ3v) is 2.75. The lowest BCUT2D eigenvalue weighted by Crippen LogP contribution is -1.87. The Bertz CT molecular complexity index is 406. The summed E-state index contributed by atoms with van der Waals surface area (Å²) in [6.07, 6.45) is 0. The summed E-state index contributed by atoms with van der Waals surface area (Å²) >= 11 is 6.46. The quantitative estimate of drug-likeness (QED) is 0.714. The fraction of sp³-hybridized carbons (Fsp3) is 0.0769. The number of methoxy groups -OCH3 is 1. The number of ether oxygens (including phenoxy) is 1. The van der Waals surface area contributed by atoms with Crippen molar-refractivity contribution in [3.05, 3.63) is 60.7 Å². The summed E-state index contributed by atoms with van der Waals surface area (Å²) in [7, 11) is 1.66. The fourth-order valence-corrected chi connectivity index (χ4v) is 1.57. The normalized spacial score (nSPS) is 8.88. The second-order valence-electron chi connectivity index (χ2n) is 3.09. The first-order chi connectivity index (χ1) is 8.24. The third-order valence-electron chi connectivity index (χ3n) is 1.93. The van der Waals surface area contributed by atoms with Gasteiger partial charge in [-0.2, -0.15) is 0 Å². The lowest BCUT2D eigenvalue weighted by atomic mass is 10.3. The summed E-state index contributed by atoms with van der Waals surface area (Å²) in [5.41, 5.74) is 1.08. The molecule has 0 bridgehead atoms. The molecule has 0 atom stereocenters. The molecule has 0 fully saturated rings. The summed E-state index contributed by atoms with van der Waals surface area (Å²) in [6.45, 7) is 0. The maximum atomic E-state index is 4.91. The minimum atomic E-state index is 0.910.